The van der Waals surface area contributed by atoms with Crippen molar-refractivity contribution in [3.05, 3.63) is 23.3 Å². The van der Waals surface area contributed by atoms with Crippen LogP contribution in [0.4, 0.5) is 5.69 Å². The summed E-state index contributed by atoms with van der Waals surface area (Å²) in [4.78, 5) is 24.6. The lowest BCUT2D eigenvalue weighted by molar-refractivity contribution is -0.137. The fourth-order valence-corrected chi connectivity index (χ4v) is 4.62. The Morgan fingerprint density at radius 3 is 2.55 bits per heavy atom. The van der Waals surface area contributed by atoms with Crippen molar-refractivity contribution in [3.8, 4) is 0 Å². The first-order valence-corrected chi connectivity index (χ1v) is 8.77. The normalized spacial score (nSPS) is 18.2. The Bertz CT molecular complexity index is 768. The second-order valence-corrected chi connectivity index (χ2v) is 8.21. The summed E-state index contributed by atoms with van der Waals surface area (Å²) >= 11 is 0. The molecule has 0 saturated carbocycles. The van der Waals surface area contributed by atoms with Gasteiger partial charge in [-0.2, -0.15) is 0 Å². The number of carbonyl (C=O) groups excluding carboxylic acids is 1. The first-order valence-electron chi connectivity index (χ1n) is 7.22. The van der Waals surface area contributed by atoms with Gasteiger partial charge in [0.15, 0.2) is 9.84 Å². The lowest BCUT2D eigenvalue weighted by Gasteiger charge is -2.26. The van der Waals surface area contributed by atoms with E-state index in [1.165, 1.54) is 6.92 Å². The number of amides is 1. The molecule has 2 aliphatic heterocycles. The van der Waals surface area contributed by atoms with Crippen molar-refractivity contribution in [2.24, 2.45) is 0 Å². The Kier molecular flexibility index (Phi) is 3.47. The van der Waals surface area contributed by atoms with Crippen LogP contribution in [0.5, 0.6) is 0 Å². The highest BCUT2D eigenvalue weighted by Crippen LogP contribution is 2.39. The van der Waals surface area contributed by atoms with E-state index >= 15 is 0 Å². The molecule has 1 atom stereocenters. The van der Waals surface area contributed by atoms with Gasteiger partial charge in [-0.15, -0.1) is 0 Å². The average molecular weight is 323 g/mol. The third-order valence-electron chi connectivity index (χ3n) is 4.35. The zero-order chi connectivity index (χ0) is 16.1. The maximum Gasteiger partial charge on any atom is 0.304 e. The van der Waals surface area contributed by atoms with E-state index in [-0.39, 0.29) is 10.8 Å². The van der Waals surface area contributed by atoms with Gasteiger partial charge in [0.05, 0.1) is 22.3 Å². The quantitative estimate of drug-likeness (QED) is 0.897. The standard InChI is InChI=1S/C15H17NO5S/c1-9(6-14(18)19)22(20,21)12-7-10-2-3-13(17)16-5-4-11(8-12)15(10)16/h7-9H,2-6H2,1H3,(H,18,19). The van der Waals surface area contributed by atoms with Crippen LogP contribution in [0.15, 0.2) is 17.0 Å². The van der Waals surface area contributed by atoms with E-state index in [9.17, 15) is 18.0 Å². The number of nitrogens with zero attached hydrogens (tertiary/aromatic N) is 1. The van der Waals surface area contributed by atoms with E-state index in [0.717, 1.165) is 16.8 Å². The Labute approximate surface area is 128 Å². The number of anilines is 1. The summed E-state index contributed by atoms with van der Waals surface area (Å²) in [7, 11) is -3.68. The topological polar surface area (TPSA) is 91.8 Å². The third kappa shape index (κ3) is 2.29. The number of benzene rings is 1. The van der Waals surface area contributed by atoms with Crippen LogP contribution < -0.4 is 4.90 Å². The van der Waals surface area contributed by atoms with Gasteiger partial charge in [0.2, 0.25) is 5.91 Å². The minimum Gasteiger partial charge on any atom is -0.481 e. The summed E-state index contributed by atoms with van der Waals surface area (Å²) in [5, 5.41) is 7.84. The van der Waals surface area contributed by atoms with Gasteiger partial charge in [0.25, 0.3) is 0 Å². The van der Waals surface area contributed by atoms with E-state index in [0.29, 0.717) is 25.8 Å². The van der Waals surface area contributed by atoms with Crippen molar-refractivity contribution in [3.63, 3.8) is 0 Å². The van der Waals surface area contributed by atoms with Crippen LogP contribution in [0, 0.1) is 0 Å². The zero-order valence-corrected chi connectivity index (χ0v) is 13.0. The van der Waals surface area contributed by atoms with Crippen LogP contribution in [0.2, 0.25) is 0 Å². The van der Waals surface area contributed by atoms with Crippen molar-refractivity contribution >= 4 is 27.4 Å². The number of carboxylic acids is 1. The molecule has 1 N–H and O–H groups in total. The van der Waals surface area contributed by atoms with Gasteiger partial charge in [0.1, 0.15) is 0 Å². The Balaban J connectivity index is 2.04. The smallest absolute Gasteiger partial charge is 0.304 e. The highest BCUT2D eigenvalue weighted by molar-refractivity contribution is 7.92. The average Bonchev–Trinajstić information content (AvgIpc) is 2.87. The highest BCUT2D eigenvalue weighted by Gasteiger charge is 2.34. The second kappa shape index (κ2) is 5.08. The molecule has 1 amide bonds. The van der Waals surface area contributed by atoms with Crippen molar-refractivity contribution in [2.45, 2.75) is 42.8 Å². The first kappa shape index (κ1) is 15.0. The molecule has 3 rings (SSSR count). The van der Waals surface area contributed by atoms with Gasteiger partial charge in [-0.05, 0) is 43.0 Å². The molecule has 22 heavy (non-hydrogen) atoms. The van der Waals surface area contributed by atoms with Crippen LogP contribution in [0.3, 0.4) is 0 Å². The lowest BCUT2D eigenvalue weighted by atomic mass is 10.00. The van der Waals surface area contributed by atoms with Crippen molar-refractivity contribution in [1.29, 1.82) is 0 Å². The summed E-state index contributed by atoms with van der Waals surface area (Å²) in [6.07, 6.45) is 1.15. The predicted molar refractivity (Wildman–Crippen MR) is 79.7 cm³/mol. The number of carbonyl (C=O) groups is 2. The van der Waals surface area contributed by atoms with Gasteiger partial charge >= 0.3 is 5.97 Å². The largest absolute Gasteiger partial charge is 0.481 e. The summed E-state index contributed by atoms with van der Waals surface area (Å²) < 4.78 is 25.1. The highest BCUT2D eigenvalue weighted by atomic mass is 32.2. The molecule has 2 aliphatic rings. The molecule has 118 valence electrons. The fraction of sp³-hybridized carbons (Fsp3) is 0.467. The third-order valence-corrected chi connectivity index (χ3v) is 6.46. The molecule has 0 aliphatic carbocycles. The Hall–Kier alpha value is -1.89. The van der Waals surface area contributed by atoms with E-state index in [1.807, 2.05) is 0 Å². The summed E-state index contributed by atoms with van der Waals surface area (Å²) in [6, 6.07) is 3.21. The number of aryl methyl sites for hydroxylation is 1. The summed E-state index contributed by atoms with van der Waals surface area (Å²) in [6.45, 7) is 2.01. The van der Waals surface area contributed by atoms with Gasteiger partial charge in [-0.25, -0.2) is 8.42 Å². The fourth-order valence-electron chi connectivity index (χ4n) is 3.18. The van der Waals surface area contributed by atoms with E-state index in [4.69, 9.17) is 5.11 Å². The van der Waals surface area contributed by atoms with Gasteiger partial charge in [-0.1, -0.05) is 0 Å². The minimum atomic E-state index is -3.68. The predicted octanol–water partition coefficient (Wildman–Crippen LogP) is 1.16. The Morgan fingerprint density at radius 1 is 1.27 bits per heavy atom. The maximum atomic E-state index is 12.6. The SMILES string of the molecule is CC(CC(=O)O)S(=O)(=O)c1cc2c3c(c1)CCN3C(=O)CC2. The number of hydrogen-bond acceptors (Lipinski definition) is 4. The maximum absolute atomic E-state index is 12.6. The van der Waals surface area contributed by atoms with Crippen LogP contribution in [-0.4, -0.2) is 37.2 Å². The second-order valence-electron chi connectivity index (χ2n) is 5.84. The molecule has 1 aromatic rings. The molecule has 0 spiro atoms. The molecule has 0 fully saturated rings. The van der Waals surface area contributed by atoms with Crippen molar-refractivity contribution < 1.29 is 23.1 Å². The van der Waals surface area contributed by atoms with E-state index in [2.05, 4.69) is 0 Å². The molecule has 0 saturated heterocycles. The van der Waals surface area contributed by atoms with Crippen LogP contribution in [-0.2, 0) is 32.3 Å². The van der Waals surface area contributed by atoms with Crippen molar-refractivity contribution in [2.75, 3.05) is 11.4 Å². The number of hydrogen-bond donors (Lipinski definition) is 1. The molecule has 1 aromatic carbocycles. The van der Waals surface area contributed by atoms with E-state index in [1.54, 1.807) is 17.0 Å². The molecule has 2 heterocycles. The number of rotatable bonds is 4. The molecular weight excluding hydrogens is 306 g/mol. The molecule has 1 unspecified atom stereocenters. The molecular formula is C15H17NO5S. The van der Waals surface area contributed by atoms with Crippen LogP contribution >= 0.6 is 0 Å². The first-order chi connectivity index (χ1) is 10.3. The minimum absolute atomic E-state index is 0.0844. The molecule has 0 aromatic heterocycles. The molecule has 7 heteroatoms. The molecule has 0 bridgehead atoms. The van der Waals surface area contributed by atoms with Gasteiger partial charge in [0, 0.05) is 13.0 Å². The molecule has 0 radical (unpaired) electrons. The Morgan fingerprint density at radius 2 is 1.91 bits per heavy atom. The van der Waals surface area contributed by atoms with E-state index < -0.39 is 27.5 Å². The molecule has 6 nitrogen and oxygen atoms in total. The van der Waals surface area contributed by atoms with Gasteiger partial charge < -0.3 is 10.0 Å². The summed E-state index contributed by atoms with van der Waals surface area (Å²) in [5.41, 5.74) is 2.60. The zero-order valence-electron chi connectivity index (χ0n) is 12.2. The number of carboxylic acid groups (broad SMARTS) is 1. The number of sulfone groups is 1. The monoisotopic (exact) mass is 323 g/mol. The lowest BCUT2D eigenvalue weighted by Crippen LogP contribution is -2.33. The summed E-state index contributed by atoms with van der Waals surface area (Å²) in [5.74, 6) is -1.04. The van der Waals surface area contributed by atoms with Crippen LogP contribution in [0.1, 0.15) is 30.9 Å². The number of aliphatic carboxylic acids is 1. The van der Waals surface area contributed by atoms with Gasteiger partial charge in [-0.3, -0.25) is 9.59 Å². The van der Waals surface area contributed by atoms with Crippen LogP contribution in [0.25, 0.3) is 0 Å². The van der Waals surface area contributed by atoms with Crippen molar-refractivity contribution in [1.82, 2.24) is 0 Å².